The third kappa shape index (κ3) is 7.64. The van der Waals surface area contributed by atoms with Gasteiger partial charge in [0.15, 0.2) is 0 Å². The van der Waals surface area contributed by atoms with Crippen LogP contribution in [-0.2, 0) is 6.42 Å². The van der Waals surface area contributed by atoms with Crippen LogP contribution in [-0.4, -0.2) is 0 Å². The van der Waals surface area contributed by atoms with E-state index in [2.05, 4.69) is 38.1 Å². The lowest BCUT2D eigenvalue weighted by Gasteiger charge is -2.14. The lowest BCUT2D eigenvalue weighted by molar-refractivity contribution is 0.449. The van der Waals surface area contributed by atoms with Crippen LogP contribution in [0.1, 0.15) is 50.7 Å². The molecule has 0 heterocycles. The quantitative estimate of drug-likeness (QED) is 0.679. The van der Waals surface area contributed by atoms with E-state index in [-0.39, 0.29) is 0 Å². The summed E-state index contributed by atoms with van der Waals surface area (Å²) in [5.41, 5.74) is 1.93. The molecule has 0 aliphatic heterocycles. The van der Waals surface area contributed by atoms with Gasteiger partial charge < -0.3 is 0 Å². The summed E-state index contributed by atoms with van der Waals surface area (Å²) in [6.45, 7) is 4.48. The van der Waals surface area contributed by atoms with Gasteiger partial charge in [-0.05, 0) is 30.0 Å². The van der Waals surface area contributed by atoms with Crippen LogP contribution in [0.2, 0.25) is 0 Å². The lowest BCUT2D eigenvalue weighted by Crippen LogP contribution is -2.03. The van der Waals surface area contributed by atoms with Gasteiger partial charge in [0.05, 0.1) is 11.6 Å². The molecule has 2 aromatic rings. The van der Waals surface area contributed by atoms with Crippen molar-refractivity contribution in [3.63, 3.8) is 0 Å². The van der Waals surface area contributed by atoms with Crippen molar-refractivity contribution in [3.8, 4) is 6.07 Å². The van der Waals surface area contributed by atoms with Crippen molar-refractivity contribution in [1.29, 1.82) is 5.26 Å². The maximum absolute atomic E-state index is 8.81. The summed E-state index contributed by atoms with van der Waals surface area (Å²) in [7, 11) is 0. The number of hydrogen-bond donors (Lipinski definition) is 0. The first-order valence-corrected chi connectivity index (χ1v) is 8.11. The minimum Gasteiger partial charge on any atom is -0.192 e. The smallest absolute Gasteiger partial charge is 0.0998 e. The van der Waals surface area contributed by atoms with Crippen LogP contribution < -0.4 is 0 Å². The van der Waals surface area contributed by atoms with Crippen molar-refractivity contribution < 1.29 is 0 Å². The second-order valence-corrected chi connectivity index (χ2v) is 5.42. The molecule has 0 saturated carbocycles. The Hall–Kier alpha value is -2.07. The van der Waals surface area contributed by atoms with Gasteiger partial charge in [0.25, 0.3) is 0 Å². The first kappa shape index (κ1) is 18.0. The Balaban J connectivity index is 0.000000335. The Morgan fingerprint density at radius 2 is 1.91 bits per heavy atom. The van der Waals surface area contributed by atoms with Crippen molar-refractivity contribution >= 4 is 0 Å². The second kappa shape index (κ2) is 11.6. The third-order valence-corrected chi connectivity index (χ3v) is 3.66. The van der Waals surface area contributed by atoms with Gasteiger partial charge in [0.1, 0.15) is 0 Å². The van der Waals surface area contributed by atoms with Gasteiger partial charge in [0.2, 0.25) is 0 Å². The van der Waals surface area contributed by atoms with Crippen LogP contribution in [0.3, 0.4) is 0 Å². The molecule has 1 nitrogen and oxygen atoms in total. The number of rotatable bonds is 6. The SMILES string of the molecule is CCCCC(CC)Cc1cc[c]c(C#N)c1.[c]1ccccc1. The Morgan fingerprint density at radius 1 is 1.14 bits per heavy atom. The Bertz CT molecular complexity index is 513. The number of hydrogen-bond acceptors (Lipinski definition) is 1. The molecule has 1 heteroatoms. The average molecular weight is 291 g/mol. The molecule has 22 heavy (non-hydrogen) atoms. The standard InChI is InChI=1S/C15H20N.C6H5/c1-3-5-7-13(4-2)10-14-8-6-9-15(11-14)12-16;1-2-4-6-5-3-1/h6,8,11,13H,3-5,7,10H2,1-2H3;1-5H. The van der Waals surface area contributed by atoms with E-state index in [4.69, 9.17) is 5.26 Å². The van der Waals surface area contributed by atoms with Crippen LogP contribution in [0.4, 0.5) is 0 Å². The van der Waals surface area contributed by atoms with E-state index < -0.39 is 0 Å². The van der Waals surface area contributed by atoms with E-state index in [0.717, 1.165) is 12.3 Å². The van der Waals surface area contributed by atoms with Crippen molar-refractivity contribution in [2.24, 2.45) is 5.92 Å². The molecule has 2 aromatic carbocycles. The van der Waals surface area contributed by atoms with Gasteiger partial charge in [-0.25, -0.2) is 0 Å². The van der Waals surface area contributed by atoms with E-state index in [1.54, 1.807) is 0 Å². The molecule has 0 N–H and O–H groups in total. The molecule has 1 unspecified atom stereocenters. The molecule has 0 bridgehead atoms. The first-order chi connectivity index (χ1) is 10.8. The molecule has 0 aliphatic carbocycles. The normalized spacial score (nSPS) is 11.0. The molecule has 0 aromatic heterocycles. The van der Waals surface area contributed by atoms with E-state index in [0.29, 0.717) is 5.56 Å². The fourth-order valence-corrected chi connectivity index (χ4v) is 2.32. The number of unbranched alkanes of at least 4 members (excludes halogenated alkanes) is 1. The Kier molecular flexibility index (Phi) is 9.46. The van der Waals surface area contributed by atoms with Crippen LogP contribution in [0.5, 0.6) is 0 Å². The molecule has 0 amide bonds. The summed E-state index contributed by atoms with van der Waals surface area (Å²) in [5.74, 6) is 0.758. The monoisotopic (exact) mass is 291 g/mol. The summed E-state index contributed by atoms with van der Waals surface area (Å²) < 4.78 is 0. The van der Waals surface area contributed by atoms with Crippen LogP contribution in [0.25, 0.3) is 0 Å². The minimum absolute atomic E-state index is 0.655. The van der Waals surface area contributed by atoms with Crippen molar-refractivity contribution in [2.45, 2.75) is 46.0 Å². The van der Waals surface area contributed by atoms with E-state index in [1.165, 1.54) is 31.2 Å². The third-order valence-electron chi connectivity index (χ3n) is 3.66. The van der Waals surface area contributed by atoms with Gasteiger partial charge in [-0.2, -0.15) is 5.26 Å². The van der Waals surface area contributed by atoms with E-state index >= 15 is 0 Å². The highest BCUT2D eigenvalue weighted by Crippen LogP contribution is 2.18. The number of nitriles is 1. The van der Waals surface area contributed by atoms with Crippen molar-refractivity contribution in [1.82, 2.24) is 0 Å². The molecule has 0 fully saturated rings. The van der Waals surface area contributed by atoms with Gasteiger partial charge in [-0.3, -0.25) is 0 Å². The summed E-state index contributed by atoms with van der Waals surface area (Å²) in [5, 5.41) is 8.81. The highest BCUT2D eigenvalue weighted by molar-refractivity contribution is 5.31. The van der Waals surface area contributed by atoms with Gasteiger partial charge in [-0.15, -0.1) is 0 Å². The number of benzene rings is 2. The molecule has 2 radical (unpaired) electrons. The summed E-state index contributed by atoms with van der Waals surface area (Å²) >= 11 is 0. The average Bonchev–Trinajstić information content (AvgIpc) is 2.60. The maximum atomic E-state index is 8.81. The zero-order chi connectivity index (χ0) is 16.0. The summed E-state index contributed by atoms with van der Waals surface area (Å²) in [6, 6.07) is 23.5. The van der Waals surface area contributed by atoms with Crippen LogP contribution in [0, 0.1) is 29.4 Å². The minimum atomic E-state index is 0.655. The van der Waals surface area contributed by atoms with Crippen molar-refractivity contribution in [2.75, 3.05) is 0 Å². The molecular formula is C21H25N. The predicted octanol–water partition coefficient (Wildman–Crippen LogP) is 5.60. The molecule has 2 rings (SSSR count). The van der Waals surface area contributed by atoms with Gasteiger partial charge in [0, 0.05) is 6.07 Å². The summed E-state index contributed by atoms with van der Waals surface area (Å²) in [6.07, 6.45) is 6.19. The van der Waals surface area contributed by atoms with Crippen LogP contribution in [0.15, 0.2) is 48.5 Å². The van der Waals surface area contributed by atoms with Crippen molar-refractivity contribution in [3.05, 3.63) is 71.8 Å². The molecule has 0 spiro atoms. The molecule has 1 atom stereocenters. The topological polar surface area (TPSA) is 23.8 Å². The first-order valence-electron chi connectivity index (χ1n) is 8.11. The second-order valence-electron chi connectivity index (χ2n) is 5.42. The fourth-order valence-electron chi connectivity index (χ4n) is 2.32. The predicted molar refractivity (Wildman–Crippen MR) is 92.3 cm³/mol. The van der Waals surface area contributed by atoms with E-state index in [9.17, 15) is 0 Å². The summed E-state index contributed by atoms with van der Waals surface area (Å²) in [4.78, 5) is 0. The lowest BCUT2D eigenvalue weighted by atomic mass is 9.91. The van der Waals surface area contributed by atoms with E-state index in [1.807, 2.05) is 42.5 Å². The zero-order valence-electron chi connectivity index (χ0n) is 13.7. The molecular weight excluding hydrogens is 266 g/mol. The van der Waals surface area contributed by atoms with Gasteiger partial charge in [-0.1, -0.05) is 82.0 Å². The fraction of sp³-hybridized carbons (Fsp3) is 0.381. The van der Waals surface area contributed by atoms with Crippen LogP contribution >= 0.6 is 0 Å². The van der Waals surface area contributed by atoms with Gasteiger partial charge >= 0.3 is 0 Å². The maximum Gasteiger partial charge on any atom is 0.0998 e. The highest BCUT2D eigenvalue weighted by atomic mass is 14.2. The number of nitrogens with zero attached hydrogens (tertiary/aromatic N) is 1. The zero-order valence-corrected chi connectivity index (χ0v) is 13.7. The Morgan fingerprint density at radius 3 is 2.41 bits per heavy atom. The Labute approximate surface area is 135 Å². The molecule has 114 valence electrons. The highest BCUT2D eigenvalue weighted by Gasteiger charge is 2.07. The largest absolute Gasteiger partial charge is 0.192 e. The molecule has 0 aliphatic rings. The molecule has 0 saturated heterocycles.